The van der Waals surface area contributed by atoms with E-state index in [-0.39, 0.29) is 0 Å². The summed E-state index contributed by atoms with van der Waals surface area (Å²) in [5.41, 5.74) is 1.90. The van der Waals surface area contributed by atoms with E-state index < -0.39 is 5.54 Å². The van der Waals surface area contributed by atoms with E-state index in [4.69, 9.17) is 0 Å². The number of aromatic nitrogens is 2. The molecule has 0 spiro atoms. The third-order valence-electron chi connectivity index (χ3n) is 3.63. The second-order valence-electron chi connectivity index (χ2n) is 4.67. The predicted octanol–water partition coefficient (Wildman–Crippen LogP) is 3.86. The SMILES string of the molecule is C=CC(c1ccccc1)(c1ccccc1)n1ccnc1. The number of rotatable bonds is 4. The molecule has 0 aliphatic heterocycles. The van der Waals surface area contributed by atoms with Crippen LogP contribution in [0.1, 0.15) is 11.1 Å². The van der Waals surface area contributed by atoms with E-state index in [0.29, 0.717) is 0 Å². The maximum absolute atomic E-state index is 4.20. The third-order valence-corrected chi connectivity index (χ3v) is 3.63. The van der Waals surface area contributed by atoms with Crippen LogP contribution < -0.4 is 0 Å². The van der Waals surface area contributed by atoms with Gasteiger partial charge in [-0.05, 0) is 11.1 Å². The Labute approximate surface area is 119 Å². The molecule has 98 valence electrons. The largest absolute Gasteiger partial charge is 0.320 e. The summed E-state index contributed by atoms with van der Waals surface area (Å²) in [6.45, 7) is 4.09. The van der Waals surface area contributed by atoms with Crippen molar-refractivity contribution in [1.29, 1.82) is 0 Å². The van der Waals surface area contributed by atoms with Crippen molar-refractivity contribution >= 4 is 0 Å². The molecule has 3 aromatic rings. The first-order valence-electron chi connectivity index (χ1n) is 6.61. The van der Waals surface area contributed by atoms with E-state index in [1.54, 1.807) is 6.20 Å². The molecule has 1 heterocycles. The minimum Gasteiger partial charge on any atom is -0.320 e. The molecule has 20 heavy (non-hydrogen) atoms. The van der Waals surface area contributed by atoms with Crippen LogP contribution >= 0.6 is 0 Å². The summed E-state index contributed by atoms with van der Waals surface area (Å²) >= 11 is 0. The second kappa shape index (κ2) is 5.17. The van der Waals surface area contributed by atoms with Crippen LogP contribution in [0.5, 0.6) is 0 Å². The summed E-state index contributed by atoms with van der Waals surface area (Å²) in [4.78, 5) is 4.20. The van der Waals surface area contributed by atoms with Crippen molar-refractivity contribution in [2.45, 2.75) is 5.54 Å². The van der Waals surface area contributed by atoms with Gasteiger partial charge in [0.15, 0.2) is 0 Å². The third kappa shape index (κ3) is 1.86. The van der Waals surface area contributed by atoms with E-state index in [0.717, 1.165) is 0 Å². The van der Waals surface area contributed by atoms with Crippen LogP contribution in [0.15, 0.2) is 92.0 Å². The Morgan fingerprint density at radius 1 is 0.900 bits per heavy atom. The molecule has 3 rings (SSSR count). The Kier molecular flexibility index (Phi) is 3.21. The van der Waals surface area contributed by atoms with Crippen molar-refractivity contribution in [3.63, 3.8) is 0 Å². The van der Waals surface area contributed by atoms with Gasteiger partial charge in [0, 0.05) is 12.4 Å². The predicted molar refractivity (Wildman–Crippen MR) is 81.5 cm³/mol. The molecule has 0 atom stereocenters. The van der Waals surface area contributed by atoms with Gasteiger partial charge in [-0.2, -0.15) is 0 Å². The quantitative estimate of drug-likeness (QED) is 0.651. The van der Waals surface area contributed by atoms with Gasteiger partial charge in [-0.25, -0.2) is 4.98 Å². The van der Waals surface area contributed by atoms with Gasteiger partial charge in [-0.1, -0.05) is 66.7 Å². The zero-order valence-corrected chi connectivity index (χ0v) is 11.2. The highest BCUT2D eigenvalue weighted by atomic mass is 15.1. The number of benzene rings is 2. The maximum Gasteiger partial charge on any atom is 0.114 e. The molecule has 0 aliphatic rings. The van der Waals surface area contributed by atoms with Crippen LogP contribution in [-0.4, -0.2) is 9.55 Å². The van der Waals surface area contributed by atoms with Crippen molar-refractivity contribution in [2.24, 2.45) is 0 Å². The minimum absolute atomic E-state index is 0.432. The highest BCUT2D eigenvalue weighted by molar-refractivity contribution is 5.44. The molecular formula is C18H16N2. The van der Waals surface area contributed by atoms with Crippen LogP contribution in [-0.2, 0) is 5.54 Å². The van der Waals surface area contributed by atoms with Gasteiger partial charge < -0.3 is 4.57 Å². The molecule has 0 radical (unpaired) electrons. The topological polar surface area (TPSA) is 17.8 Å². The van der Waals surface area contributed by atoms with Crippen molar-refractivity contribution in [3.05, 3.63) is 103 Å². The van der Waals surface area contributed by atoms with Crippen LogP contribution in [0.4, 0.5) is 0 Å². The highest BCUT2D eigenvalue weighted by Crippen LogP contribution is 2.34. The van der Waals surface area contributed by atoms with Crippen molar-refractivity contribution in [1.82, 2.24) is 9.55 Å². The van der Waals surface area contributed by atoms with Gasteiger partial charge in [-0.15, -0.1) is 6.58 Å². The number of hydrogen-bond acceptors (Lipinski definition) is 1. The molecule has 0 bridgehead atoms. The van der Waals surface area contributed by atoms with Crippen LogP contribution in [0, 0.1) is 0 Å². The van der Waals surface area contributed by atoms with E-state index in [9.17, 15) is 0 Å². The summed E-state index contributed by atoms with van der Waals surface area (Å²) in [5, 5.41) is 0. The van der Waals surface area contributed by atoms with Crippen LogP contribution in [0.2, 0.25) is 0 Å². The summed E-state index contributed by atoms with van der Waals surface area (Å²) in [7, 11) is 0. The first kappa shape index (κ1) is 12.4. The Balaban J connectivity index is 2.30. The van der Waals surface area contributed by atoms with E-state index in [2.05, 4.69) is 40.4 Å². The van der Waals surface area contributed by atoms with Crippen molar-refractivity contribution < 1.29 is 0 Å². The minimum atomic E-state index is -0.432. The molecule has 0 aliphatic carbocycles. The van der Waals surface area contributed by atoms with Gasteiger partial charge in [0.25, 0.3) is 0 Å². The summed E-state index contributed by atoms with van der Waals surface area (Å²) < 4.78 is 2.09. The molecule has 1 aromatic heterocycles. The summed E-state index contributed by atoms with van der Waals surface area (Å²) in [6, 6.07) is 20.7. The Bertz CT molecular complexity index is 630. The molecule has 2 heteroatoms. The van der Waals surface area contributed by atoms with Gasteiger partial charge in [0.1, 0.15) is 5.54 Å². The lowest BCUT2D eigenvalue weighted by Crippen LogP contribution is -2.33. The molecule has 2 nitrogen and oxygen atoms in total. The monoisotopic (exact) mass is 260 g/mol. The smallest absolute Gasteiger partial charge is 0.114 e. The fraction of sp³-hybridized carbons (Fsp3) is 0.0556. The fourth-order valence-corrected chi connectivity index (χ4v) is 2.66. The average molecular weight is 260 g/mol. The lowest BCUT2D eigenvalue weighted by molar-refractivity contribution is 0.535. The van der Waals surface area contributed by atoms with Crippen molar-refractivity contribution in [3.8, 4) is 0 Å². The molecule has 0 saturated carbocycles. The second-order valence-corrected chi connectivity index (χ2v) is 4.67. The Morgan fingerprint density at radius 3 is 1.85 bits per heavy atom. The van der Waals surface area contributed by atoms with Gasteiger partial charge in [0.05, 0.1) is 6.33 Å². The maximum atomic E-state index is 4.20. The van der Waals surface area contributed by atoms with E-state index in [1.165, 1.54) is 11.1 Å². The molecule has 0 N–H and O–H groups in total. The number of imidazole rings is 1. The van der Waals surface area contributed by atoms with E-state index >= 15 is 0 Å². The number of hydrogen-bond donors (Lipinski definition) is 0. The normalized spacial score (nSPS) is 11.2. The zero-order chi connectivity index (χ0) is 13.8. The lowest BCUT2D eigenvalue weighted by Gasteiger charge is -2.33. The average Bonchev–Trinajstić information content (AvgIpc) is 3.06. The fourth-order valence-electron chi connectivity index (χ4n) is 2.66. The molecular weight excluding hydrogens is 244 g/mol. The highest BCUT2D eigenvalue weighted by Gasteiger charge is 2.32. The summed E-state index contributed by atoms with van der Waals surface area (Å²) in [6.07, 6.45) is 7.58. The zero-order valence-electron chi connectivity index (χ0n) is 11.2. The van der Waals surface area contributed by atoms with Crippen LogP contribution in [0.25, 0.3) is 0 Å². The van der Waals surface area contributed by atoms with Gasteiger partial charge in [-0.3, -0.25) is 0 Å². The lowest BCUT2D eigenvalue weighted by atomic mass is 9.82. The summed E-state index contributed by atoms with van der Waals surface area (Å²) in [5.74, 6) is 0. The van der Waals surface area contributed by atoms with Gasteiger partial charge in [0.2, 0.25) is 0 Å². The molecule has 0 amide bonds. The number of nitrogens with zero attached hydrogens (tertiary/aromatic N) is 2. The molecule has 0 saturated heterocycles. The van der Waals surface area contributed by atoms with E-state index in [1.807, 2.05) is 55.0 Å². The first-order chi connectivity index (χ1) is 9.88. The Hall–Kier alpha value is -2.61. The Morgan fingerprint density at radius 2 is 1.45 bits per heavy atom. The molecule has 2 aromatic carbocycles. The number of allylic oxidation sites excluding steroid dienone is 1. The van der Waals surface area contributed by atoms with Crippen molar-refractivity contribution in [2.75, 3.05) is 0 Å². The van der Waals surface area contributed by atoms with Crippen LogP contribution in [0.3, 0.4) is 0 Å². The first-order valence-corrected chi connectivity index (χ1v) is 6.61. The molecule has 0 fully saturated rings. The standard InChI is InChI=1S/C18H16N2/c1-2-18(20-14-13-19-15-20,16-9-5-3-6-10-16)17-11-7-4-8-12-17/h2-15H,1H2. The van der Waals surface area contributed by atoms with Gasteiger partial charge >= 0.3 is 0 Å². The molecule has 0 unspecified atom stereocenters.